The number of nitrogens with one attached hydrogen (secondary N) is 2. The van der Waals surface area contributed by atoms with E-state index in [1.54, 1.807) is 24.3 Å². The van der Waals surface area contributed by atoms with Gasteiger partial charge in [-0.25, -0.2) is 0 Å². The van der Waals surface area contributed by atoms with Gasteiger partial charge in [-0.3, -0.25) is 20.4 Å². The smallest absolute Gasteiger partial charge is 0.269 e. The van der Waals surface area contributed by atoms with E-state index in [-0.39, 0.29) is 0 Å². The Kier molecular flexibility index (Phi) is 7.43. The number of benzene rings is 2. The molecule has 2 rings (SSSR count). The molecule has 27 heavy (non-hydrogen) atoms. The number of halogens is 1. The van der Waals surface area contributed by atoms with Gasteiger partial charge in [-0.1, -0.05) is 28.1 Å². The Bertz CT molecular complexity index is 865. The van der Waals surface area contributed by atoms with E-state index < -0.39 is 11.8 Å². The normalized spacial score (nSPS) is 10.5. The van der Waals surface area contributed by atoms with Crippen molar-refractivity contribution in [3.8, 4) is 11.5 Å². The van der Waals surface area contributed by atoms with E-state index in [0.29, 0.717) is 23.7 Å². The molecular formula is C20H21BrN2O4. The molecule has 0 saturated carbocycles. The van der Waals surface area contributed by atoms with Crippen LogP contribution < -0.4 is 20.3 Å². The summed E-state index contributed by atoms with van der Waals surface area (Å²) in [5.41, 5.74) is 7.02. The van der Waals surface area contributed by atoms with E-state index in [0.717, 1.165) is 15.6 Å². The van der Waals surface area contributed by atoms with Crippen molar-refractivity contribution in [1.82, 2.24) is 10.9 Å². The summed E-state index contributed by atoms with van der Waals surface area (Å²) in [7, 11) is 1.50. The molecule has 2 aromatic rings. The molecule has 2 N–H and O–H groups in total. The summed E-state index contributed by atoms with van der Waals surface area (Å²) in [6.45, 7) is 4.33. The number of ether oxygens (including phenoxy) is 2. The minimum absolute atomic E-state index is 0.334. The Morgan fingerprint density at radius 3 is 2.56 bits per heavy atom. The predicted octanol–water partition coefficient (Wildman–Crippen LogP) is 3.64. The van der Waals surface area contributed by atoms with Crippen molar-refractivity contribution in [2.75, 3.05) is 13.7 Å². The number of aryl methyl sites for hydroxylation is 1. The van der Waals surface area contributed by atoms with Crippen LogP contribution in [0.15, 0.2) is 46.9 Å². The van der Waals surface area contributed by atoms with Crippen molar-refractivity contribution in [2.24, 2.45) is 0 Å². The zero-order valence-electron chi connectivity index (χ0n) is 15.3. The summed E-state index contributed by atoms with van der Waals surface area (Å²) in [6.07, 6.45) is 3.00. The van der Waals surface area contributed by atoms with E-state index in [9.17, 15) is 9.59 Å². The average Bonchev–Trinajstić information content (AvgIpc) is 2.66. The average molecular weight is 433 g/mol. The standard InChI is InChI=1S/C20H21BrN2O4/c1-4-27-17-9-7-15(12-18(17)26-3)20(25)23-22-19(24)10-8-14-6-5-13(2)11-16(14)21/h5-12H,4H2,1-3H3,(H,22,24)(H,23,25)/b10-8+. The van der Waals surface area contributed by atoms with Crippen LogP contribution in [0.1, 0.15) is 28.4 Å². The van der Waals surface area contributed by atoms with E-state index in [4.69, 9.17) is 9.47 Å². The highest BCUT2D eigenvalue weighted by Gasteiger charge is 2.11. The van der Waals surface area contributed by atoms with Gasteiger partial charge in [-0.05, 0) is 55.3 Å². The summed E-state index contributed by atoms with van der Waals surface area (Å²) in [6, 6.07) is 10.6. The summed E-state index contributed by atoms with van der Waals surface area (Å²) < 4.78 is 11.5. The van der Waals surface area contributed by atoms with Gasteiger partial charge in [0.1, 0.15) is 0 Å². The van der Waals surface area contributed by atoms with Crippen molar-refractivity contribution in [3.63, 3.8) is 0 Å². The topological polar surface area (TPSA) is 76.7 Å². The van der Waals surface area contributed by atoms with Crippen molar-refractivity contribution < 1.29 is 19.1 Å². The minimum Gasteiger partial charge on any atom is -0.493 e. The van der Waals surface area contributed by atoms with Crippen LogP contribution in [0.3, 0.4) is 0 Å². The summed E-state index contributed by atoms with van der Waals surface area (Å²) in [4.78, 5) is 24.1. The SMILES string of the molecule is CCOc1ccc(C(=O)NNC(=O)/C=C/c2ccc(C)cc2Br)cc1OC. The molecule has 0 atom stereocenters. The lowest BCUT2D eigenvalue weighted by Gasteiger charge is -2.11. The Hall–Kier alpha value is -2.80. The van der Waals surface area contributed by atoms with Gasteiger partial charge in [-0.15, -0.1) is 0 Å². The van der Waals surface area contributed by atoms with Crippen LogP contribution in [-0.4, -0.2) is 25.5 Å². The molecule has 0 saturated heterocycles. The molecule has 142 valence electrons. The second-order valence-corrected chi connectivity index (χ2v) is 6.45. The maximum atomic E-state index is 12.2. The van der Waals surface area contributed by atoms with E-state index >= 15 is 0 Å². The van der Waals surface area contributed by atoms with Crippen LogP contribution in [0.4, 0.5) is 0 Å². The molecule has 0 aromatic heterocycles. The monoisotopic (exact) mass is 432 g/mol. The van der Waals surface area contributed by atoms with Crippen molar-refractivity contribution in [2.45, 2.75) is 13.8 Å². The summed E-state index contributed by atoms with van der Waals surface area (Å²) in [5, 5.41) is 0. The van der Waals surface area contributed by atoms with Gasteiger partial charge >= 0.3 is 0 Å². The summed E-state index contributed by atoms with van der Waals surface area (Å²) in [5.74, 6) is 0.0791. The molecule has 0 aliphatic rings. The number of rotatable bonds is 6. The molecule has 0 fully saturated rings. The lowest BCUT2D eigenvalue weighted by atomic mass is 10.1. The van der Waals surface area contributed by atoms with Crippen molar-refractivity contribution in [3.05, 3.63) is 63.6 Å². The predicted molar refractivity (Wildman–Crippen MR) is 108 cm³/mol. The number of hydrazine groups is 1. The quantitative estimate of drug-likeness (QED) is 0.539. The van der Waals surface area contributed by atoms with Crippen LogP contribution in [0.2, 0.25) is 0 Å². The van der Waals surface area contributed by atoms with Crippen LogP contribution in [0.25, 0.3) is 6.08 Å². The third-order valence-electron chi connectivity index (χ3n) is 3.60. The van der Waals surface area contributed by atoms with E-state index in [1.165, 1.54) is 13.2 Å². The minimum atomic E-state index is -0.463. The molecule has 0 spiro atoms. The van der Waals surface area contributed by atoms with E-state index in [2.05, 4.69) is 26.8 Å². The molecule has 0 aliphatic heterocycles. The Balaban J connectivity index is 1.96. The first kappa shape index (κ1) is 20.5. The van der Waals surface area contributed by atoms with E-state index in [1.807, 2.05) is 32.0 Å². The Morgan fingerprint density at radius 1 is 1.11 bits per heavy atom. The first-order valence-corrected chi connectivity index (χ1v) is 9.09. The third kappa shape index (κ3) is 5.86. The number of carbonyl (C=O) groups is 2. The fourth-order valence-corrected chi connectivity index (χ4v) is 2.87. The maximum Gasteiger partial charge on any atom is 0.269 e. The molecule has 7 heteroatoms. The van der Waals surface area contributed by atoms with Crippen LogP contribution >= 0.6 is 15.9 Å². The van der Waals surface area contributed by atoms with Crippen LogP contribution in [0, 0.1) is 6.92 Å². The van der Waals surface area contributed by atoms with Gasteiger partial charge < -0.3 is 9.47 Å². The van der Waals surface area contributed by atoms with Gasteiger partial charge in [0.15, 0.2) is 11.5 Å². The zero-order chi connectivity index (χ0) is 19.8. The first-order valence-electron chi connectivity index (χ1n) is 8.30. The highest BCUT2D eigenvalue weighted by Crippen LogP contribution is 2.27. The molecule has 0 radical (unpaired) electrons. The highest BCUT2D eigenvalue weighted by atomic mass is 79.9. The van der Waals surface area contributed by atoms with Crippen LogP contribution in [0.5, 0.6) is 11.5 Å². The van der Waals surface area contributed by atoms with Gasteiger partial charge in [0.05, 0.1) is 13.7 Å². The molecular weight excluding hydrogens is 412 g/mol. The fourth-order valence-electron chi connectivity index (χ4n) is 2.25. The molecule has 0 heterocycles. The fraction of sp³-hybridized carbons (Fsp3) is 0.200. The van der Waals surface area contributed by atoms with Gasteiger partial charge in [0.25, 0.3) is 11.8 Å². The maximum absolute atomic E-state index is 12.2. The second kappa shape index (κ2) is 9.78. The molecule has 2 amide bonds. The van der Waals surface area contributed by atoms with Crippen LogP contribution in [-0.2, 0) is 4.79 Å². The molecule has 2 aromatic carbocycles. The molecule has 0 bridgehead atoms. The lowest BCUT2D eigenvalue weighted by Crippen LogP contribution is -2.40. The highest BCUT2D eigenvalue weighted by molar-refractivity contribution is 9.10. The zero-order valence-corrected chi connectivity index (χ0v) is 16.9. The number of carbonyl (C=O) groups excluding carboxylic acids is 2. The lowest BCUT2D eigenvalue weighted by molar-refractivity contribution is -0.117. The van der Waals surface area contributed by atoms with Crippen molar-refractivity contribution >= 4 is 33.8 Å². The number of hydrogen-bond acceptors (Lipinski definition) is 4. The number of methoxy groups -OCH3 is 1. The molecule has 0 aliphatic carbocycles. The first-order chi connectivity index (χ1) is 12.9. The Morgan fingerprint density at radius 2 is 1.89 bits per heavy atom. The number of hydrogen-bond donors (Lipinski definition) is 2. The van der Waals surface area contributed by atoms with Gasteiger partial charge in [0, 0.05) is 16.1 Å². The second-order valence-electron chi connectivity index (χ2n) is 5.60. The number of amides is 2. The third-order valence-corrected chi connectivity index (χ3v) is 4.28. The Labute approximate surface area is 166 Å². The molecule has 6 nitrogen and oxygen atoms in total. The van der Waals surface area contributed by atoms with Gasteiger partial charge in [-0.2, -0.15) is 0 Å². The summed E-state index contributed by atoms with van der Waals surface area (Å²) >= 11 is 3.45. The molecule has 0 unspecified atom stereocenters. The largest absolute Gasteiger partial charge is 0.493 e. The van der Waals surface area contributed by atoms with Gasteiger partial charge in [0.2, 0.25) is 0 Å². The van der Waals surface area contributed by atoms with Crippen molar-refractivity contribution in [1.29, 1.82) is 0 Å².